The summed E-state index contributed by atoms with van der Waals surface area (Å²) < 4.78 is 29.3. The van der Waals surface area contributed by atoms with Crippen LogP contribution >= 0.6 is 24.0 Å². The smallest absolute Gasteiger partial charge is 0.191 e. The summed E-state index contributed by atoms with van der Waals surface area (Å²) in [5.41, 5.74) is 1.08. The first-order chi connectivity index (χ1) is 13.6. The summed E-state index contributed by atoms with van der Waals surface area (Å²) in [7, 11) is 3.36. The van der Waals surface area contributed by atoms with Crippen molar-refractivity contribution in [3.8, 4) is 11.5 Å². The molecule has 0 aromatic heterocycles. The Bertz CT molecular complexity index is 744. The minimum absolute atomic E-state index is 0. The third-order valence-electron chi connectivity index (χ3n) is 3.85. The Labute approximate surface area is 188 Å². The molecule has 2 aromatic rings. The molecule has 0 aliphatic carbocycles. The lowest BCUT2D eigenvalue weighted by molar-refractivity contribution is 0.146. The second kappa shape index (κ2) is 14.0. The molecule has 2 N–H and O–H groups in total. The second-order valence-corrected chi connectivity index (χ2v) is 6.18. The van der Waals surface area contributed by atoms with E-state index < -0.39 is 0 Å². The number of methoxy groups -OCH3 is 1. The van der Waals surface area contributed by atoms with Crippen molar-refractivity contribution >= 4 is 29.9 Å². The van der Waals surface area contributed by atoms with Crippen molar-refractivity contribution in [2.24, 2.45) is 4.99 Å². The number of ether oxygens (including phenoxy) is 3. The fraction of sp³-hybridized carbons (Fsp3) is 0.381. The average molecular weight is 517 g/mol. The summed E-state index contributed by atoms with van der Waals surface area (Å²) in [4.78, 5) is 4.22. The van der Waals surface area contributed by atoms with Crippen LogP contribution in [-0.4, -0.2) is 46.0 Å². The maximum absolute atomic E-state index is 12.9. The molecular formula is C21H29FIN3O3. The Morgan fingerprint density at radius 1 is 1.07 bits per heavy atom. The van der Waals surface area contributed by atoms with Crippen molar-refractivity contribution in [2.45, 2.75) is 19.6 Å². The van der Waals surface area contributed by atoms with Gasteiger partial charge in [0, 0.05) is 20.7 Å². The van der Waals surface area contributed by atoms with Crippen LogP contribution in [0.25, 0.3) is 0 Å². The summed E-state index contributed by atoms with van der Waals surface area (Å²) in [6.45, 7) is 4.16. The summed E-state index contributed by atoms with van der Waals surface area (Å²) in [6.07, 6.45) is -0.110. The lowest BCUT2D eigenvalue weighted by Gasteiger charge is -2.18. The van der Waals surface area contributed by atoms with Gasteiger partial charge in [0.15, 0.2) is 5.96 Å². The van der Waals surface area contributed by atoms with Crippen LogP contribution in [0.1, 0.15) is 12.5 Å². The van der Waals surface area contributed by atoms with Crippen molar-refractivity contribution in [3.63, 3.8) is 0 Å². The van der Waals surface area contributed by atoms with E-state index in [0.29, 0.717) is 38.0 Å². The molecule has 160 valence electrons. The maximum atomic E-state index is 12.9. The molecule has 0 saturated heterocycles. The highest BCUT2D eigenvalue weighted by Crippen LogP contribution is 2.14. The molecule has 2 aromatic carbocycles. The molecule has 0 saturated carbocycles. The molecule has 0 aliphatic heterocycles. The molecule has 0 fully saturated rings. The van der Waals surface area contributed by atoms with Gasteiger partial charge >= 0.3 is 0 Å². The van der Waals surface area contributed by atoms with Crippen molar-refractivity contribution in [3.05, 3.63) is 59.9 Å². The molecule has 0 heterocycles. The highest BCUT2D eigenvalue weighted by molar-refractivity contribution is 14.0. The van der Waals surface area contributed by atoms with Gasteiger partial charge in [0.05, 0.1) is 13.2 Å². The molecule has 8 heteroatoms. The fourth-order valence-corrected chi connectivity index (χ4v) is 2.42. The number of hydrogen-bond donors (Lipinski definition) is 2. The molecule has 1 atom stereocenters. The predicted octanol–water partition coefficient (Wildman–Crippen LogP) is 3.60. The molecule has 0 amide bonds. The first-order valence-corrected chi connectivity index (χ1v) is 9.18. The molecule has 0 spiro atoms. The van der Waals surface area contributed by atoms with E-state index in [1.165, 1.54) is 12.1 Å². The van der Waals surface area contributed by atoms with Gasteiger partial charge in [-0.05, 0) is 48.9 Å². The third kappa shape index (κ3) is 9.80. The van der Waals surface area contributed by atoms with Crippen LogP contribution in [0.4, 0.5) is 4.39 Å². The minimum Gasteiger partial charge on any atom is -0.491 e. The zero-order valence-corrected chi connectivity index (χ0v) is 19.3. The standard InChI is InChI=1S/C21H28FN3O3.HI/c1-16(28-19-9-7-18(22)8-10-19)14-24-21(23-2)25-15-17-5-4-6-20(13-17)27-12-11-26-3;/h4-10,13,16H,11-12,14-15H2,1-3H3,(H2,23,24,25);1H. The van der Waals surface area contributed by atoms with E-state index in [9.17, 15) is 4.39 Å². The van der Waals surface area contributed by atoms with Gasteiger partial charge in [0.2, 0.25) is 0 Å². The predicted molar refractivity (Wildman–Crippen MR) is 124 cm³/mol. The second-order valence-electron chi connectivity index (χ2n) is 6.18. The molecule has 0 radical (unpaired) electrons. The van der Waals surface area contributed by atoms with Gasteiger partial charge in [-0.2, -0.15) is 0 Å². The molecule has 0 aliphatic rings. The number of halogens is 2. The molecule has 29 heavy (non-hydrogen) atoms. The van der Waals surface area contributed by atoms with E-state index in [2.05, 4.69) is 15.6 Å². The third-order valence-corrected chi connectivity index (χ3v) is 3.85. The number of guanidine groups is 1. The van der Waals surface area contributed by atoms with E-state index in [0.717, 1.165) is 11.3 Å². The Morgan fingerprint density at radius 2 is 1.83 bits per heavy atom. The largest absolute Gasteiger partial charge is 0.491 e. The molecule has 0 bridgehead atoms. The summed E-state index contributed by atoms with van der Waals surface area (Å²) in [5.74, 6) is 1.82. The highest BCUT2D eigenvalue weighted by atomic mass is 127. The van der Waals surface area contributed by atoms with Crippen molar-refractivity contribution in [1.29, 1.82) is 0 Å². The van der Waals surface area contributed by atoms with Gasteiger partial charge in [0.1, 0.15) is 30.0 Å². The van der Waals surface area contributed by atoms with E-state index in [-0.39, 0.29) is 35.9 Å². The average Bonchev–Trinajstić information content (AvgIpc) is 2.70. The van der Waals surface area contributed by atoms with Crippen LogP contribution in [0.2, 0.25) is 0 Å². The van der Waals surface area contributed by atoms with Crippen LogP contribution in [0, 0.1) is 5.82 Å². The molecule has 1 unspecified atom stereocenters. The van der Waals surface area contributed by atoms with Crippen molar-refractivity contribution in [1.82, 2.24) is 10.6 Å². The van der Waals surface area contributed by atoms with Gasteiger partial charge in [-0.25, -0.2) is 4.39 Å². The minimum atomic E-state index is -0.282. The molecular weight excluding hydrogens is 488 g/mol. The molecule has 2 rings (SSSR count). The maximum Gasteiger partial charge on any atom is 0.191 e. The van der Waals surface area contributed by atoms with Crippen LogP contribution in [0.15, 0.2) is 53.5 Å². The fourth-order valence-electron chi connectivity index (χ4n) is 2.42. The number of aliphatic imine (C=N–C) groups is 1. The lowest BCUT2D eigenvalue weighted by atomic mass is 10.2. The van der Waals surface area contributed by atoms with E-state index in [1.54, 1.807) is 26.3 Å². The zero-order valence-electron chi connectivity index (χ0n) is 17.0. The number of benzene rings is 2. The SMILES string of the molecule is CN=C(NCc1cccc(OCCOC)c1)NCC(C)Oc1ccc(F)cc1.I. The summed E-state index contributed by atoms with van der Waals surface area (Å²) in [5, 5.41) is 6.48. The first-order valence-electron chi connectivity index (χ1n) is 9.18. The summed E-state index contributed by atoms with van der Waals surface area (Å²) in [6, 6.07) is 13.8. The van der Waals surface area contributed by atoms with Gasteiger partial charge < -0.3 is 24.8 Å². The quantitative estimate of drug-likeness (QED) is 0.218. The Kier molecular flexibility index (Phi) is 12.1. The number of rotatable bonds is 10. The van der Waals surface area contributed by atoms with Gasteiger partial charge in [-0.15, -0.1) is 24.0 Å². The zero-order chi connectivity index (χ0) is 20.2. The summed E-state index contributed by atoms with van der Waals surface area (Å²) >= 11 is 0. The normalized spacial score (nSPS) is 11.9. The van der Waals surface area contributed by atoms with Crippen LogP contribution in [-0.2, 0) is 11.3 Å². The van der Waals surface area contributed by atoms with Gasteiger partial charge in [-0.1, -0.05) is 12.1 Å². The Hall–Kier alpha value is -2.07. The van der Waals surface area contributed by atoms with Gasteiger partial charge in [0.25, 0.3) is 0 Å². The highest BCUT2D eigenvalue weighted by Gasteiger charge is 2.06. The topological polar surface area (TPSA) is 64.1 Å². The van der Waals surface area contributed by atoms with E-state index >= 15 is 0 Å². The van der Waals surface area contributed by atoms with Crippen molar-refractivity contribution in [2.75, 3.05) is 33.9 Å². The van der Waals surface area contributed by atoms with Crippen LogP contribution in [0.5, 0.6) is 11.5 Å². The Morgan fingerprint density at radius 3 is 2.52 bits per heavy atom. The molecule has 6 nitrogen and oxygen atoms in total. The van der Waals surface area contributed by atoms with Gasteiger partial charge in [-0.3, -0.25) is 4.99 Å². The number of hydrogen-bond acceptors (Lipinski definition) is 4. The van der Waals surface area contributed by atoms with E-state index in [4.69, 9.17) is 14.2 Å². The monoisotopic (exact) mass is 517 g/mol. The Balaban J connectivity index is 0.00000420. The van der Waals surface area contributed by atoms with Crippen molar-refractivity contribution < 1.29 is 18.6 Å². The first kappa shape index (κ1) is 25.0. The van der Waals surface area contributed by atoms with E-state index in [1.807, 2.05) is 31.2 Å². The number of nitrogens with one attached hydrogen (secondary N) is 2. The van der Waals surface area contributed by atoms with Crippen LogP contribution in [0.3, 0.4) is 0 Å². The number of nitrogens with zero attached hydrogens (tertiary/aromatic N) is 1. The van der Waals surface area contributed by atoms with Crippen LogP contribution < -0.4 is 20.1 Å². The lowest BCUT2D eigenvalue weighted by Crippen LogP contribution is -2.41.